The van der Waals surface area contributed by atoms with Crippen molar-refractivity contribution in [3.63, 3.8) is 0 Å². The Morgan fingerprint density at radius 3 is 2.20 bits per heavy atom. The molecule has 1 N–H and O–H groups in total. The van der Waals surface area contributed by atoms with E-state index in [0.717, 1.165) is 22.3 Å². The molecule has 0 aliphatic rings. The van der Waals surface area contributed by atoms with Gasteiger partial charge in [0.2, 0.25) is 21.8 Å². The van der Waals surface area contributed by atoms with Crippen LogP contribution in [0.15, 0.2) is 72.8 Å². The molecule has 0 heterocycles. The lowest BCUT2D eigenvalue weighted by atomic mass is 10.0. The fourth-order valence-corrected chi connectivity index (χ4v) is 5.78. The SMILES string of the molecule is Cc1ccc(N(CCCC(=O)N(Cc2ccccc2Cl)C(Cc2ccccc2)C(=O)NC(C)C)S(C)(=O)=O)cc1C. The number of hydrogen-bond acceptors (Lipinski definition) is 4. The average Bonchev–Trinajstić information content (AvgIpc) is 2.90. The van der Waals surface area contributed by atoms with Crippen molar-refractivity contribution in [2.75, 3.05) is 17.1 Å². The smallest absolute Gasteiger partial charge is 0.243 e. The second-order valence-corrected chi connectivity index (χ2v) is 13.0. The number of nitrogens with zero attached hydrogens (tertiary/aromatic N) is 2. The third kappa shape index (κ3) is 9.33. The molecule has 7 nitrogen and oxygen atoms in total. The van der Waals surface area contributed by atoms with Gasteiger partial charge in [-0.1, -0.05) is 66.2 Å². The summed E-state index contributed by atoms with van der Waals surface area (Å²) in [6, 6.07) is 21.4. The number of sulfonamides is 1. The number of aryl methyl sites for hydroxylation is 2. The fourth-order valence-electron chi connectivity index (χ4n) is 4.63. The van der Waals surface area contributed by atoms with E-state index in [1.807, 2.05) is 88.4 Å². The van der Waals surface area contributed by atoms with Gasteiger partial charge in [0, 0.05) is 37.0 Å². The van der Waals surface area contributed by atoms with Gasteiger partial charge >= 0.3 is 0 Å². The fraction of sp³-hybridized carbons (Fsp3) is 0.375. The maximum atomic E-state index is 13.9. The molecule has 3 aromatic carbocycles. The highest BCUT2D eigenvalue weighted by Crippen LogP contribution is 2.24. The second kappa shape index (κ2) is 14.5. The molecule has 3 aromatic rings. The summed E-state index contributed by atoms with van der Waals surface area (Å²) in [5.74, 6) is -0.504. The second-order valence-electron chi connectivity index (χ2n) is 10.7. The van der Waals surface area contributed by atoms with E-state index in [9.17, 15) is 18.0 Å². The standard InChI is InChI=1S/C32H40ClN3O4S/c1-23(2)34-32(38)30(21-26-12-7-6-8-13-26)35(22-27-14-9-10-15-29(27)33)31(37)16-11-19-36(41(5,39)40)28-18-17-24(3)25(4)20-28/h6-10,12-15,17-18,20,23,30H,11,16,19,21-22H2,1-5H3,(H,34,38). The number of carbonyl (C=O) groups excluding carboxylic acids is 2. The van der Waals surface area contributed by atoms with Crippen molar-refractivity contribution < 1.29 is 18.0 Å². The van der Waals surface area contributed by atoms with Gasteiger partial charge in [0.1, 0.15) is 6.04 Å². The number of halogens is 1. The van der Waals surface area contributed by atoms with Crippen LogP contribution in [0.2, 0.25) is 5.02 Å². The van der Waals surface area contributed by atoms with Crippen LogP contribution >= 0.6 is 11.6 Å². The van der Waals surface area contributed by atoms with Crippen LogP contribution in [0.3, 0.4) is 0 Å². The number of carbonyl (C=O) groups is 2. The summed E-state index contributed by atoms with van der Waals surface area (Å²) in [5, 5.41) is 3.48. The first-order valence-electron chi connectivity index (χ1n) is 13.8. The molecular formula is C32H40ClN3O4S. The molecule has 220 valence electrons. The molecule has 0 saturated heterocycles. The normalized spacial score (nSPS) is 12.2. The van der Waals surface area contributed by atoms with Crippen molar-refractivity contribution in [2.24, 2.45) is 0 Å². The minimum atomic E-state index is -3.58. The average molecular weight is 598 g/mol. The minimum Gasteiger partial charge on any atom is -0.352 e. The van der Waals surface area contributed by atoms with Gasteiger partial charge in [0.25, 0.3) is 0 Å². The van der Waals surface area contributed by atoms with E-state index in [0.29, 0.717) is 17.1 Å². The van der Waals surface area contributed by atoms with E-state index in [1.54, 1.807) is 17.0 Å². The number of amides is 2. The Hall–Kier alpha value is -3.36. The van der Waals surface area contributed by atoms with E-state index < -0.39 is 16.1 Å². The maximum Gasteiger partial charge on any atom is 0.243 e. The molecule has 0 radical (unpaired) electrons. The van der Waals surface area contributed by atoms with Crippen LogP contribution in [0.4, 0.5) is 5.69 Å². The molecule has 3 rings (SSSR count). The number of benzene rings is 3. The number of anilines is 1. The van der Waals surface area contributed by atoms with Gasteiger partial charge in [-0.3, -0.25) is 13.9 Å². The van der Waals surface area contributed by atoms with Crippen molar-refractivity contribution >= 4 is 39.1 Å². The Balaban J connectivity index is 1.89. The molecule has 0 spiro atoms. The largest absolute Gasteiger partial charge is 0.352 e. The Bertz CT molecular complexity index is 1440. The van der Waals surface area contributed by atoms with Crippen LogP contribution < -0.4 is 9.62 Å². The monoisotopic (exact) mass is 597 g/mol. The number of hydrogen-bond donors (Lipinski definition) is 1. The van der Waals surface area contributed by atoms with Crippen molar-refractivity contribution in [3.05, 3.63) is 100 Å². The van der Waals surface area contributed by atoms with E-state index in [-0.39, 0.29) is 43.8 Å². The number of rotatable bonds is 13. The molecule has 1 atom stereocenters. The topological polar surface area (TPSA) is 86.8 Å². The molecule has 0 aromatic heterocycles. The third-order valence-electron chi connectivity index (χ3n) is 6.93. The van der Waals surface area contributed by atoms with Gasteiger partial charge in [-0.2, -0.15) is 0 Å². The molecule has 0 aliphatic carbocycles. The Morgan fingerprint density at radius 1 is 0.927 bits per heavy atom. The van der Waals surface area contributed by atoms with E-state index >= 15 is 0 Å². The van der Waals surface area contributed by atoms with Crippen molar-refractivity contribution in [2.45, 2.75) is 65.6 Å². The lowest BCUT2D eigenvalue weighted by Crippen LogP contribution is -2.51. The summed E-state index contributed by atoms with van der Waals surface area (Å²) in [7, 11) is -3.58. The molecule has 0 fully saturated rings. The van der Waals surface area contributed by atoms with Crippen LogP contribution in [0.1, 0.15) is 48.9 Å². The molecule has 0 saturated carbocycles. The van der Waals surface area contributed by atoms with E-state index in [4.69, 9.17) is 11.6 Å². The van der Waals surface area contributed by atoms with Crippen LogP contribution in [0.25, 0.3) is 0 Å². The van der Waals surface area contributed by atoms with Gasteiger partial charge in [-0.05, 0) is 74.6 Å². The third-order valence-corrected chi connectivity index (χ3v) is 8.49. The Morgan fingerprint density at radius 2 is 1.59 bits per heavy atom. The minimum absolute atomic E-state index is 0.0571. The van der Waals surface area contributed by atoms with Crippen LogP contribution in [0, 0.1) is 13.8 Å². The van der Waals surface area contributed by atoms with Gasteiger partial charge in [-0.15, -0.1) is 0 Å². The Kier molecular flexibility index (Phi) is 11.4. The lowest BCUT2D eigenvalue weighted by Gasteiger charge is -2.32. The highest BCUT2D eigenvalue weighted by atomic mass is 35.5. The molecular weight excluding hydrogens is 558 g/mol. The molecule has 0 bridgehead atoms. The highest BCUT2D eigenvalue weighted by molar-refractivity contribution is 7.92. The zero-order chi connectivity index (χ0) is 30.2. The quantitative estimate of drug-likeness (QED) is 0.275. The summed E-state index contributed by atoms with van der Waals surface area (Å²) in [6.45, 7) is 7.94. The summed E-state index contributed by atoms with van der Waals surface area (Å²) in [5.41, 5.74) is 4.26. The molecule has 9 heteroatoms. The zero-order valence-electron chi connectivity index (χ0n) is 24.4. The predicted octanol–water partition coefficient (Wildman–Crippen LogP) is 5.67. The summed E-state index contributed by atoms with van der Waals surface area (Å²) < 4.78 is 26.7. The first-order chi connectivity index (χ1) is 19.4. The molecule has 2 amide bonds. The summed E-state index contributed by atoms with van der Waals surface area (Å²) in [6.07, 6.45) is 1.83. The van der Waals surface area contributed by atoms with Crippen LogP contribution in [-0.2, 0) is 32.6 Å². The predicted molar refractivity (Wildman–Crippen MR) is 167 cm³/mol. The van der Waals surface area contributed by atoms with Crippen LogP contribution in [-0.4, -0.2) is 50.0 Å². The summed E-state index contributed by atoms with van der Waals surface area (Å²) >= 11 is 6.48. The number of nitrogens with one attached hydrogen (secondary N) is 1. The lowest BCUT2D eigenvalue weighted by molar-refractivity contribution is -0.141. The van der Waals surface area contributed by atoms with Gasteiger partial charge in [-0.25, -0.2) is 8.42 Å². The van der Waals surface area contributed by atoms with Crippen molar-refractivity contribution in [1.29, 1.82) is 0 Å². The van der Waals surface area contributed by atoms with E-state index in [2.05, 4.69) is 5.32 Å². The molecule has 0 aliphatic heterocycles. The van der Waals surface area contributed by atoms with Gasteiger partial charge in [0.05, 0.1) is 11.9 Å². The van der Waals surface area contributed by atoms with Crippen molar-refractivity contribution in [3.8, 4) is 0 Å². The molecule has 41 heavy (non-hydrogen) atoms. The summed E-state index contributed by atoms with van der Waals surface area (Å²) in [4.78, 5) is 29.0. The van der Waals surface area contributed by atoms with Gasteiger partial charge in [0.15, 0.2) is 0 Å². The Labute approximate surface area is 249 Å². The zero-order valence-corrected chi connectivity index (χ0v) is 26.0. The molecule has 1 unspecified atom stereocenters. The first-order valence-corrected chi connectivity index (χ1v) is 16.0. The maximum absolute atomic E-state index is 13.9. The first kappa shape index (κ1) is 32.2. The highest BCUT2D eigenvalue weighted by Gasteiger charge is 2.31. The van der Waals surface area contributed by atoms with Crippen molar-refractivity contribution in [1.82, 2.24) is 10.2 Å². The van der Waals surface area contributed by atoms with E-state index in [1.165, 1.54) is 10.6 Å². The van der Waals surface area contributed by atoms with Gasteiger partial charge < -0.3 is 10.2 Å². The van der Waals surface area contributed by atoms with Crippen LogP contribution in [0.5, 0.6) is 0 Å².